The van der Waals surface area contributed by atoms with Gasteiger partial charge in [0.2, 0.25) is 0 Å². The molecule has 1 aliphatic carbocycles. The number of methoxy groups -OCH3 is 1. The number of hydrogen-bond donors (Lipinski definition) is 0. The van der Waals surface area contributed by atoms with E-state index in [0.29, 0.717) is 11.5 Å². The highest BCUT2D eigenvalue weighted by Crippen LogP contribution is 2.43. The molecule has 0 amide bonds. The summed E-state index contributed by atoms with van der Waals surface area (Å²) in [6, 6.07) is 15.9. The van der Waals surface area contributed by atoms with E-state index in [1.54, 1.807) is 12.1 Å². The molecule has 1 fully saturated rings. The molecule has 0 aliphatic heterocycles. The Bertz CT molecular complexity index is 1560. The van der Waals surface area contributed by atoms with E-state index in [2.05, 4.69) is 34.1 Å². The fraction of sp³-hybridized carbons (Fsp3) is 0.267. The third-order valence-corrected chi connectivity index (χ3v) is 7.49. The monoisotopic (exact) mass is 492 g/mol. The quantitative estimate of drug-likeness (QED) is 0.250. The standard InChI is InChI=1S/C30H28N4O3/c1-18-27(19(2)37-33-18)23-15-26-28(32-16-23)24(20-10-12-22(13-11-20)30(35)36-3)17-34(26)29(21-7-6-8-21)25-9-4-5-14-31-25/h4-5,9-17,21,29H,6-8H2,1-3H3. The molecule has 7 heteroatoms. The molecule has 6 rings (SSSR count). The van der Waals surface area contributed by atoms with Crippen LogP contribution in [0.25, 0.3) is 33.3 Å². The van der Waals surface area contributed by atoms with Crippen molar-refractivity contribution >= 4 is 17.0 Å². The van der Waals surface area contributed by atoms with Gasteiger partial charge in [-0.25, -0.2) is 4.79 Å². The van der Waals surface area contributed by atoms with Crippen LogP contribution in [0.15, 0.2) is 71.6 Å². The van der Waals surface area contributed by atoms with Crippen molar-refractivity contribution in [2.45, 2.75) is 39.2 Å². The van der Waals surface area contributed by atoms with Gasteiger partial charge in [0, 0.05) is 35.3 Å². The first-order valence-electron chi connectivity index (χ1n) is 12.6. The molecule has 37 heavy (non-hydrogen) atoms. The summed E-state index contributed by atoms with van der Waals surface area (Å²) in [5, 5.41) is 4.15. The maximum Gasteiger partial charge on any atom is 0.337 e. The zero-order valence-corrected chi connectivity index (χ0v) is 21.1. The normalized spacial score (nSPS) is 14.5. The summed E-state index contributed by atoms with van der Waals surface area (Å²) in [4.78, 5) is 21.7. The first-order valence-corrected chi connectivity index (χ1v) is 12.6. The van der Waals surface area contributed by atoms with E-state index < -0.39 is 0 Å². The Balaban J connectivity index is 1.57. The Morgan fingerprint density at radius 1 is 1.08 bits per heavy atom. The highest BCUT2D eigenvalue weighted by atomic mass is 16.5. The van der Waals surface area contributed by atoms with Crippen molar-refractivity contribution in [1.29, 1.82) is 0 Å². The van der Waals surface area contributed by atoms with Crippen LogP contribution in [0.4, 0.5) is 0 Å². The van der Waals surface area contributed by atoms with Crippen LogP contribution in [0, 0.1) is 19.8 Å². The summed E-state index contributed by atoms with van der Waals surface area (Å²) in [7, 11) is 1.39. The Morgan fingerprint density at radius 2 is 1.89 bits per heavy atom. The van der Waals surface area contributed by atoms with Gasteiger partial charge in [-0.15, -0.1) is 0 Å². The van der Waals surface area contributed by atoms with Crippen LogP contribution >= 0.6 is 0 Å². The number of hydrogen-bond acceptors (Lipinski definition) is 6. The summed E-state index contributed by atoms with van der Waals surface area (Å²) in [5.41, 5.74) is 8.31. The van der Waals surface area contributed by atoms with Crippen molar-refractivity contribution < 1.29 is 14.1 Å². The smallest absolute Gasteiger partial charge is 0.337 e. The van der Waals surface area contributed by atoms with E-state index >= 15 is 0 Å². The van der Waals surface area contributed by atoms with Crippen LogP contribution < -0.4 is 0 Å². The van der Waals surface area contributed by atoms with Crippen molar-refractivity contribution in [3.8, 4) is 22.3 Å². The molecule has 1 unspecified atom stereocenters. The molecule has 1 saturated carbocycles. The second kappa shape index (κ2) is 9.32. The highest BCUT2D eigenvalue weighted by molar-refractivity contribution is 5.96. The van der Waals surface area contributed by atoms with Crippen molar-refractivity contribution in [3.05, 3.63) is 89.8 Å². The molecule has 0 bridgehead atoms. The van der Waals surface area contributed by atoms with E-state index in [1.165, 1.54) is 26.4 Å². The number of nitrogens with zero attached hydrogens (tertiary/aromatic N) is 4. The molecule has 186 valence electrons. The fourth-order valence-electron chi connectivity index (χ4n) is 5.42. The molecule has 5 aromatic rings. The Morgan fingerprint density at radius 3 is 2.51 bits per heavy atom. The van der Waals surface area contributed by atoms with E-state index in [9.17, 15) is 4.79 Å². The number of rotatable bonds is 6. The van der Waals surface area contributed by atoms with Gasteiger partial charge >= 0.3 is 5.97 Å². The Labute approximate surface area is 215 Å². The molecule has 0 radical (unpaired) electrons. The van der Waals surface area contributed by atoms with Crippen LogP contribution in [-0.2, 0) is 4.74 Å². The van der Waals surface area contributed by atoms with Gasteiger partial charge < -0.3 is 13.8 Å². The topological polar surface area (TPSA) is 83.0 Å². The van der Waals surface area contributed by atoms with Crippen LogP contribution in [0.1, 0.15) is 52.8 Å². The summed E-state index contributed by atoms with van der Waals surface area (Å²) in [5.74, 6) is 0.926. The molecule has 1 atom stereocenters. The average molecular weight is 493 g/mol. The number of esters is 1. The minimum Gasteiger partial charge on any atom is -0.465 e. The van der Waals surface area contributed by atoms with E-state index in [-0.39, 0.29) is 12.0 Å². The lowest BCUT2D eigenvalue weighted by molar-refractivity contribution is 0.0600. The number of carbonyl (C=O) groups excluding carboxylic acids is 1. The fourth-order valence-corrected chi connectivity index (χ4v) is 5.42. The third-order valence-electron chi connectivity index (χ3n) is 7.49. The molecular formula is C30H28N4O3. The number of benzene rings is 1. The number of pyridine rings is 2. The van der Waals surface area contributed by atoms with Gasteiger partial charge in [-0.05, 0) is 68.5 Å². The third kappa shape index (κ3) is 4.00. The molecule has 0 N–H and O–H groups in total. The average Bonchev–Trinajstić information content (AvgIpc) is 3.45. The second-order valence-electron chi connectivity index (χ2n) is 9.70. The van der Waals surface area contributed by atoms with Crippen molar-refractivity contribution in [2.75, 3.05) is 7.11 Å². The lowest BCUT2D eigenvalue weighted by Gasteiger charge is -2.35. The lowest BCUT2D eigenvalue weighted by atomic mass is 9.78. The van der Waals surface area contributed by atoms with Gasteiger partial charge in [-0.2, -0.15) is 0 Å². The van der Waals surface area contributed by atoms with Crippen LogP contribution in [0.3, 0.4) is 0 Å². The minimum absolute atomic E-state index is 0.0993. The van der Waals surface area contributed by atoms with Gasteiger partial charge in [-0.1, -0.05) is 29.8 Å². The molecule has 0 spiro atoms. The second-order valence-corrected chi connectivity index (χ2v) is 9.70. The minimum atomic E-state index is -0.351. The Hall–Kier alpha value is -4.26. The number of fused-ring (bicyclic) bond motifs is 1. The molecular weight excluding hydrogens is 464 g/mol. The lowest BCUT2D eigenvalue weighted by Crippen LogP contribution is -2.26. The zero-order chi connectivity index (χ0) is 25.5. The number of ether oxygens (including phenoxy) is 1. The zero-order valence-electron chi connectivity index (χ0n) is 21.1. The molecule has 4 heterocycles. The Kier molecular flexibility index (Phi) is 5.83. The van der Waals surface area contributed by atoms with Gasteiger partial charge in [0.1, 0.15) is 5.76 Å². The molecule has 1 aliphatic rings. The predicted octanol–water partition coefficient (Wildman–Crippen LogP) is 6.55. The molecule has 0 saturated heterocycles. The molecule has 1 aromatic carbocycles. The van der Waals surface area contributed by atoms with Gasteiger partial charge in [0.25, 0.3) is 0 Å². The number of carbonyl (C=O) groups is 1. The number of aryl methyl sites for hydroxylation is 2. The van der Waals surface area contributed by atoms with Gasteiger partial charge in [0.15, 0.2) is 0 Å². The first kappa shape index (κ1) is 23.2. The maximum absolute atomic E-state index is 12.0. The summed E-state index contributed by atoms with van der Waals surface area (Å²) < 4.78 is 12.7. The summed E-state index contributed by atoms with van der Waals surface area (Å²) in [6.07, 6.45) is 9.52. The largest absolute Gasteiger partial charge is 0.465 e. The van der Waals surface area contributed by atoms with Crippen LogP contribution in [0.2, 0.25) is 0 Å². The van der Waals surface area contributed by atoms with Gasteiger partial charge in [-0.3, -0.25) is 9.97 Å². The van der Waals surface area contributed by atoms with Crippen LogP contribution in [0.5, 0.6) is 0 Å². The van der Waals surface area contributed by atoms with E-state index in [4.69, 9.17) is 19.2 Å². The van der Waals surface area contributed by atoms with E-state index in [1.807, 2.05) is 44.4 Å². The number of aromatic nitrogens is 4. The molecule has 7 nitrogen and oxygen atoms in total. The van der Waals surface area contributed by atoms with E-state index in [0.717, 1.165) is 50.4 Å². The van der Waals surface area contributed by atoms with Crippen LogP contribution in [-0.4, -0.2) is 32.8 Å². The molecule has 4 aromatic heterocycles. The summed E-state index contributed by atoms with van der Waals surface area (Å²) in [6.45, 7) is 3.88. The SMILES string of the molecule is COC(=O)c1ccc(-c2cn(C(c3ccccn3)C3CCC3)c3cc(-c4c(C)noc4C)cnc23)cc1. The highest BCUT2D eigenvalue weighted by Gasteiger charge is 2.32. The summed E-state index contributed by atoms with van der Waals surface area (Å²) >= 11 is 0. The first-order chi connectivity index (χ1) is 18.0. The van der Waals surface area contributed by atoms with Crippen molar-refractivity contribution in [1.82, 2.24) is 19.7 Å². The maximum atomic E-state index is 12.0. The van der Waals surface area contributed by atoms with Crippen molar-refractivity contribution in [2.24, 2.45) is 5.92 Å². The van der Waals surface area contributed by atoms with Crippen molar-refractivity contribution in [3.63, 3.8) is 0 Å². The van der Waals surface area contributed by atoms with Gasteiger partial charge in [0.05, 0.1) is 41.1 Å². The predicted molar refractivity (Wildman–Crippen MR) is 141 cm³/mol.